The standard InChI is InChI=1S/C12H14O2S2/c1-16(13,14)10-12-8-3-2-6-11(12)7-4-5-9-15/h2-3,6,8,15H,5,9-10H2,1H3. The Morgan fingerprint density at radius 2 is 2.00 bits per heavy atom. The highest BCUT2D eigenvalue weighted by Gasteiger charge is 2.07. The molecule has 0 radical (unpaired) electrons. The number of hydrogen-bond donors (Lipinski definition) is 1. The molecule has 0 aromatic heterocycles. The van der Waals surface area contributed by atoms with Gasteiger partial charge in [0.1, 0.15) is 0 Å². The summed E-state index contributed by atoms with van der Waals surface area (Å²) in [7, 11) is -3.01. The maximum atomic E-state index is 11.2. The van der Waals surface area contributed by atoms with Gasteiger partial charge < -0.3 is 0 Å². The molecule has 1 aromatic carbocycles. The molecule has 0 N–H and O–H groups in total. The molecular formula is C12H14O2S2. The normalized spacial score (nSPS) is 10.6. The van der Waals surface area contributed by atoms with Gasteiger partial charge in [-0.25, -0.2) is 8.42 Å². The largest absolute Gasteiger partial charge is 0.229 e. The van der Waals surface area contributed by atoms with Gasteiger partial charge in [-0.2, -0.15) is 12.6 Å². The van der Waals surface area contributed by atoms with E-state index in [1.54, 1.807) is 6.07 Å². The summed E-state index contributed by atoms with van der Waals surface area (Å²) in [5, 5.41) is 0. The summed E-state index contributed by atoms with van der Waals surface area (Å²) in [6.07, 6.45) is 1.93. The number of benzene rings is 1. The lowest BCUT2D eigenvalue weighted by Gasteiger charge is -2.02. The van der Waals surface area contributed by atoms with Gasteiger partial charge in [-0.15, -0.1) is 0 Å². The molecule has 1 rings (SSSR count). The van der Waals surface area contributed by atoms with E-state index in [1.165, 1.54) is 6.26 Å². The van der Waals surface area contributed by atoms with Crippen molar-refractivity contribution in [3.63, 3.8) is 0 Å². The summed E-state index contributed by atoms with van der Waals surface area (Å²) in [4.78, 5) is 0. The highest BCUT2D eigenvalue weighted by molar-refractivity contribution is 7.89. The fraction of sp³-hybridized carbons (Fsp3) is 0.333. The number of rotatable bonds is 3. The van der Waals surface area contributed by atoms with Crippen molar-refractivity contribution in [2.45, 2.75) is 12.2 Å². The molecule has 4 heteroatoms. The Kier molecular flexibility index (Phi) is 4.91. The van der Waals surface area contributed by atoms with Crippen LogP contribution in [0.15, 0.2) is 24.3 Å². The van der Waals surface area contributed by atoms with Crippen LogP contribution in [-0.2, 0) is 15.6 Å². The zero-order chi connectivity index (χ0) is 12.0. The van der Waals surface area contributed by atoms with Crippen molar-refractivity contribution >= 4 is 22.5 Å². The summed E-state index contributed by atoms with van der Waals surface area (Å²) < 4.78 is 22.4. The summed E-state index contributed by atoms with van der Waals surface area (Å²) in [5.74, 6) is 6.68. The van der Waals surface area contributed by atoms with Gasteiger partial charge in [0, 0.05) is 24.0 Å². The van der Waals surface area contributed by atoms with Crippen LogP contribution < -0.4 is 0 Å². The molecule has 0 spiro atoms. The lowest BCUT2D eigenvalue weighted by molar-refractivity contribution is 0.601. The number of sulfone groups is 1. The van der Waals surface area contributed by atoms with E-state index in [9.17, 15) is 8.42 Å². The minimum atomic E-state index is -3.01. The van der Waals surface area contributed by atoms with Crippen LogP contribution in [-0.4, -0.2) is 20.4 Å². The lowest BCUT2D eigenvalue weighted by Crippen LogP contribution is -2.02. The quantitative estimate of drug-likeness (QED) is 0.660. The van der Waals surface area contributed by atoms with E-state index in [2.05, 4.69) is 24.5 Å². The predicted molar refractivity (Wildman–Crippen MR) is 70.3 cm³/mol. The van der Waals surface area contributed by atoms with E-state index >= 15 is 0 Å². The molecule has 0 heterocycles. The third kappa shape index (κ3) is 4.73. The Labute approximate surface area is 102 Å². The van der Waals surface area contributed by atoms with E-state index in [1.807, 2.05) is 18.2 Å². The van der Waals surface area contributed by atoms with E-state index in [4.69, 9.17) is 0 Å². The third-order valence-corrected chi connectivity index (χ3v) is 2.95. The molecule has 2 nitrogen and oxygen atoms in total. The van der Waals surface area contributed by atoms with Crippen molar-refractivity contribution in [1.29, 1.82) is 0 Å². The van der Waals surface area contributed by atoms with E-state index in [0.29, 0.717) is 12.2 Å². The summed E-state index contributed by atoms with van der Waals surface area (Å²) in [6.45, 7) is 0. The Morgan fingerprint density at radius 3 is 2.62 bits per heavy atom. The average Bonchev–Trinajstić information content (AvgIpc) is 2.19. The molecule has 0 aliphatic heterocycles. The topological polar surface area (TPSA) is 34.1 Å². The minimum Gasteiger partial charge on any atom is -0.229 e. The molecular weight excluding hydrogens is 240 g/mol. The smallest absolute Gasteiger partial charge is 0.151 e. The molecule has 0 amide bonds. The van der Waals surface area contributed by atoms with Crippen LogP contribution in [0.2, 0.25) is 0 Å². The number of thiol groups is 1. The average molecular weight is 254 g/mol. The van der Waals surface area contributed by atoms with Crippen molar-refractivity contribution in [2.24, 2.45) is 0 Å². The predicted octanol–water partition coefficient (Wildman–Crippen LogP) is 1.90. The van der Waals surface area contributed by atoms with Crippen LogP contribution in [0.3, 0.4) is 0 Å². The monoisotopic (exact) mass is 254 g/mol. The van der Waals surface area contributed by atoms with E-state index < -0.39 is 9.84 Å². The van der Waals surface area contributed by atoms with Crippen molar-refractivity contribution in [1.82, 2.24) is 0 Å². The van der Waals surface area contributed by atoms with Crippen molar-refractivity contribution in [2.75, 3.05) is 12.0 Å². The van der Waals surface area contributed by atoms with Crippen molar-refractivity contribution in [3.05, 3.63) is 35.4 Å². The first-order valence-electron chi connectivity index (χ1n) is 4.88. The summed E-state index contributed by atoms with van der Waals surface area (Å²) in [5.41, 5.74) is 1.55. The molecule has 0 aliphatic rings. The Morgan fingerprint density at radius 1 is 1.31 bits per heavy atom. The maximum absolute atomic E-state index is 11.2. The number of hydrogen-bond acceptors (Lipinski definition) is 3. The Balaban J connectivity index is 2.98. The molecule has 0 fully saturated rings. The highest BCUT2D eigenvalue weighted by atomic mass is 32.2. The molecule has 0 saturated heterocycles. The molecule has 0 unspecified atom stereocenters. The fourth-order valence-electron chi connectivity index (χ4n) is 1.26. The van der Waals surface area contributed by atoms with Crippen molar-refractivity contribution in [3.8, 4) is 11.8 Å². The first-order chi connectivity index (χ1) is 7.53. The highest BCUT2D eigenvalue weighted by Crippen LogP contribution is 2.10. The van der Waals surface area contributed by atoms with Gasteiger partial charge in [0.25, 0.3) is 0 Å². The van der Waals surface area contributed by atoms with Crippen LogP contribution in [0, 0.1) is 11.8 Å². The fourth-order valence-corrected chi connectivity index (χ4v) is 2.19. The Hall–Kier alpha value is -0.920. The van der Waals surface area contributed by atoms with E-state index in [0.717, 1.165) is 11.1 Å². The molecule has 0 saturated carbocycles. The lowest BCUT2D eigenvalue weighted by atomic mass is 10.1. The van der Waals surface area contributed by atoms with E-state index in [-0.39, 0.29) is 5.75 Å². The molecule has 1 aromatic rings. The van der Waals surface area contributed by atoms with Crippen molar-refractivity contribution < 1.29 is 8.42 Å². The SMILES string of the molecule is CS(=O)(=O)Cc1ccccc1C#CCCS. The molecule has 16 heavy (non-hydrogen) atoms. The Bertz CT molecular complexity index is 507. The third-order valence-electron chi connectivity index (χ3n) is 1.89. The van der Waals surface area contributed by atoms with Gasteiger partial charge in [-0.3, -0.25) is 0 Å². The second kappa shape index (κ2) is 5.97. The zero-order valence-corrected chi connectivity index (χ0v) is 10.8. The van der Waals surface area contributed by atoms with Crippen LogP contribution in [0.25, 0.3) is 0 Å². The van der Waals surface area contributed by atoms with Crippen LogP contribution in [0.4, 0.5) is 0 Å². The zero-order valence-electron chi connectivity index (χ0n) is 9.10. The van der Waals surface area contributed by atoms with Crippen LogP contribution in [0.5, 0.6) is 0 Å². The molecule has 86 valence electrons. The minimum absolute atomic E-state index is 0.0404. The van der Waals surface area contributed by atoms with Crippen LogP contribution >= 0.6 is 12.6 Å². The van der Waals surface area contributed by atoms with Crippen LogP contribution in [0.1, 0.15) is 17.5 Å². The van der Waals surface area contributed by atoms with Gasteiger partial charge in [0.2, 0.25) is 0 Å². The van der Waals surface area contributed by atoms with Gasteiger partial charge in [0.05, 0.1) is 5.75 Å². The summed E-state index contributed by atoms with van der Waals surface area (Å²) >= 11 is 4.06. The van der Waals surface area contributed by atoms with Gasteiger partial charge >= 0.3 is 0 Å². The first kappa shape index (κ1) is 13.1. The maximum Gasteiger partial charge on any atom is 0.151 e. The second-order valence-corrected chi connectivity index (χ2v) is 6.09. The summed E-state index contributed by atoms with van der Waals surface area (Å²) in [6, 6.07) is 7.32. The van der Waals surface area contributed by atoms with Gasteiger partial charge in [-0.05, 0) is 11.6 Å². The molecule has 0 atom stereocenters. The molecule has 0 aliphatic carbocycles. The molecule has 0 bridgehead atoms. The first-order valence-corrected chi connectivity index (χ1v) is 7.57. The van der Waals surface area contributed by atoms with Gasteiger partial charge in [0.15, 0.2) is 9.84 Å². The second-order valence-electron chi connectivity index (χ2n) is 3.50. The van der Waals surface area contributed by atoms with Gasteiger partial charge in [-0.1, -0.05) is 30.0 Å².